The lowest BCUT2D eigenvalue weighted by Crippen LogP contribution is -2.33. The molecule has 0 aromatic heterocycles. The van der Waals surface area contributed by atoms with E-state index in [0.29, 0.717) is 12.5 Å². The molecule has 1 amide bonds. The zero-order valence-electron chi connectivity index (χ0n) is 11.6. The van der Waals surface area contributed by atoms with Gasteiger partial charge in [-0.15, -0.1) is 0 Å². The third kappa shape index (κ3) is 3.63. The molecule has 0 spiro atoms. The summed E-state index contributed by atoms with van der Waals surface area (Å²) in [5.41, 5.74) is 1.10. The Morgan fingerprint density at radius 2 is 2.00 bits per heavy atom. The monoisotopic (exact) mass is 263 g/mol. The van der Waals surface area contributed by atoms with Crippen LogP contribution >= 0.6 is 0 Å². The fourth-order valence-electron chi connectivity index (χ4n) is 2.15. The lowest BCUT2D eigenvalue weighted by atomic mass is 10.1. The van der Waals surface area contributed by atoms with Crippen LogP contribution in [0.5, 0.6) is 11.5 Å². The predicted molar refractivity (Wildman–Crippen MR) is 73.4 cm³/mol. The van der Waals surface area contributed by atoms with Gasteiger partial charge in [0.25, 0.3) is 0 Å². The quantitative estimate of drug-likeness (QED) is 0.858. The van der Waals surface area contributed by atoms with Crippen LogP contribution in [0.15, 0.2) is 18.2 Å². The van der Waals surface area contributed by atoms with Crippen molar-refractivity contribution in [1.29, 1.82) is 0 Å². The van der Waals surface area contributed by atoms with Crippen LogP contribution in [-0.4, -0.2) is 18.7 Å². The normalized spacial score (nSPS) is 12.8. The van der Waals surface area contributed by atoms with E-state index in [1.165, 1.54) is 0 Å². The topological polar surface area (TPSA) is 47.6 Å². The lowest BCUT2D eigenvalue weighted by Gasteiger charge is -2.14. The molecule has 0 saturated carbocycles. The van der Waals surface area contributed by atoms with Crippen LogP contribution < -0.4 is 14.8 Å². The molecular formula is C15H21NO3. The molecular weight excluding hydrogens is 242 g/mol. The van der Waals surface area contributed by atoms with Crippen LogP contribution in [0.4, 0.5) is 0 Å². The highest BCUT2D eigenvalue weighted by Gasteiger charge is 2.14. The molecule has 1 aliphatic rings. The van der Waals surface area contributed by atoms with Gasteiger partial charge in [0.1, 0.15) is 0 Å². The number of carbonyl (C=O) groups excluding carboxylic acids is 1. The predicted octanol–water partition coefficient (Wildman–Crippen LogP) is 2.65. The van der Waals surface area contributed by atoms with Gasteiger partial charge in [0, 0.05) is 12.5 Å². The van der Waals surface area contributed by atoms with Crippen molar-refractivity contribution in [2.45, 2.75) is 45.6 Å². The largest absolute Gasteiger partial charge is 0.454 e. The molecule has 1 aliphatic heterocycles. The van der Waals surface area contributed by atoms with Gasteiger partial charge in [0.15, 0.2) is 11.5 Å². The summed E-state index contributed by atoms with van der Waals surface area (Å²) in [6, 6.07) is 6.13. The van der Waals surface area contributed by atoms with E-state index in [9.17, 15) is 4.79 Å². The molecule has 0 unspecified atom stereocenters. The average molecular weight is 263 g/mol. The Hall–Kier alpha value is -1.71. The molecule has 1 aromatic rings. The van der Waals surface area contributed by atoms with E-state index in [4.69, 9.17) is 9.47 Å². The minimum absolute atomic E-state index is 0.117. The van der Waals surface area contributed by atoms with Crippen molar-refractivity contribution in [2.24, 2.45) is 0 Å². The highest BCUT2D eigenvalue weighted by Crippen LogP contribution is 2.32. The van der Waals surface area contributed by atoms with Gasteiger partial charge in [-0.2, -0.15) is 0 Å². The molecule has 0 saturated heterocycles. The standard InChI is InChI=1S/C15H21NO3/c1-3-12(4-2)16-15(17)8-6-11-5-7-13-14(9-11)19-10-18-13/h5,7,9,12H,3-4,6,8,10H2,1-2H3,(H,16,17). The number of hydrogen-bond donors (Lipinski definition) is 1. The van der Waals surface area contributed by atoms with Gasteiger partial charge in [-0.25, -0.2) is 0 Å². The van der Waals surface area contributed by atoms with Gasteiger partial charge in [0.05, 0.1) is 0 Å². The first-order valence-corrected chi connectivity index (χ1v) is 6.90. The number of carbonyl (C=O) groups is 1. The van der Waals surface area contributed by atoms with Crippen molar-refractivity contribution in [3.8, 4) is 11.5 Å². The Labute approximate surface area is 114 Å². The number of fused-ring (bicyclic) bond motifs is 1. The second-order valence-electron chi connectivity index (χ2n) is 4.77. The van der Waals surface area contributed by atoms with E-state index in [2.05, 4.69) is 19.2 Å². The van der Waals surface area contributed by atoms with Gasteiger partial charge >= 0.3 is 0 Å². The summed E-state index contributed by atoms with van der Waals surface area (Å²) in [7, 11) is 0. The second-order valence-corrected chi connectivity index (χ2v) is 4.77. The number of amides is 1. The maximum atomic E-state index is 11.8. The van der Waals surface area contributed by atoms with E-state index >= 15 is 0 Å². The Balaban J connectivity index is 1.83. The van der Waals surface area contributed by atoms with Crippen molar-refractivity contribution < 1.29 is 14.3 Å². The summed E-state index contributed by atoms with van der Waals surface area (Å²) >= 11 is 0. The molecule has 1 N–H and O–H groups in total. The van der Waals surface area contributed by atoms with Crippen LogP contribution in [0, 0.1) is 0 Å². The highest BCUT2D eigenvalue weighted by atomic mass is 16.7. The van der Waals surface area contributed by atoms with Crippen molar-refractivity contribution in [3.05, 3.63) is 23.8 Å². The Kier molecular flexibility index (Phi) is 4.66. The zero-order chi connectivity index (χ0) is 13.7. The number of nitrogens with one attached hydrogen (secondary N) is 1. The van der Waals surface area contributed by atoms with Crippen molar-refractivity contribution >= 4 is 5.91 Å². The number of hydrogen-bond acceptors (Lipinski definition) is 3. The molecule has 0 bridgehead atoms. The van der Waals surface area contributed by atoms with Crippen molar-refractivity contribution in [3.63, 3.8) is 0 Å². The van der Waals surface area contributed by atoms with Crippen molar-refractivity contribution in [1.82, 2.24) is 5.32 Å². The van der Waals surface area contributed by atoms with Gasteiger partial charge < -0.3 is 14.8 Å². The Morgan fingerprint density at radius 1 is 1.26 bits per heavy atom. The van der Waals surface area contributed by atoms with Gasteiger partial charge in [-0.05, 0) is 37.0 Å². The lowest BCUT2D eigenvalue weighted by molar-refractivity contribution is -0.121. The molecule has 0 atom stereocenters. The number of ether oxygens (including phenoxy) is 2. The summed E-state index contributed by atoms with van der Waals surface area (Å²) in [5, 5.41) is 3.04. The maximum absolute atomic E-state index is 11.8. The Bertz CT molecular complexity index is 441. The fraction of sp³-hybridized carbons (Fsp3) is 0.533. The van der Waals surface area contributed by atoms with Crippen LogP contribution in [0.3, 0.4) is 0 Å². The van der Waals surface area contributed by atoms with E-state index in [1.807, 2.05) is 18.2 Å². The van der Waals surface area contributed by atoms with Gasteiger partial charge in [-0.1, -0.05) is 19.9 Å². The minimum atomic E-state index is 0.117. The molecule has 19 heavy (non-hydrogen) atoms. The second kappa shape index (κ2) is 6.45. The number of rotatable bonds is 6. The summed E-state index contributed by atoms with van der Waals surface area (Å²) in [4.78, 5) is 11.8. The summed E-state index contributed by atoms with van der Waals surface area (Å²) in [6.45, 7) is 4.46. The summed E-state index contributed by atoms with van der Waals surface area (Å²) in [5.74, 6) is 1.68. The van der Waals surface area contributed by atoms with E-state index in [1.54, 1.807) is 0 Å². The third-order valence-electron chi connectivity index (χ3n) is 3.43. The van der Waals surface area contributed by atoms with Crippen molar-refractivity contribution in [2.75, 3.05) is 6.79 Å². The molecule has 0 fully saturated rings. The van der Waals surface area contributed by atoms with Crippen LogP contribution in [0.2, 0.25) is 0 Å². The first-order chi connectivity index (χ1) is 9.22. The molecule has 2 rings (SSSR count). The molecule has 0 radical (unpaired) electrons. The minimum Gasteiger partial charge on any atom is -0.454 e. The van der Waals surface area contributed by atoms with Crippen LogP contribution in [0.1, 0.15) is 38.7 Å². The average Bonchev–Trinajstić information content (AvgIpc) is 2.89. The van der Waals surface area contributed by atoms with Crippen LogP contribution in [-0.2, 0) is 11.2 Å². The summed E-state index contributed by atoms with van der Waals surface area (Å²) < 4.78 is 10.6. The Morgan fingerprint density at radius 3 is 2.74 bits per heavy atom. The zero-order valence-corrected chi connectivity index (χ0v) is 11.6. The molecule has 1 heterocycles. The summed E-state index contributed by atoms with van der Waals surface area (Å²) in [6.07, 6.45) is 3.19. The van der Waals surface area contributed by atoms with E-state index in [0.717, 1.165) is 36.3 Å². The SMILES string of the molecule is CCC(CC)NC(=O)CCc1ccc2c(c1)OCO2. The molecule has 4 heteroatoms. The van der Waals surface area contributed by atoms with Crippen LogP contribution in [0.25, 0.3) is 0 Å². The fourth-order valence-corrected chi connectivity index (χ4v) is 2.15. The first-order valence-electron chi connectivity index (χ1n) is 6.90. The third-order valence-corrected chi connectivity index (χ3v) is 3.43. The molecule has 4 nitrogen and oxygen atoms in total. The molecule has 104 valence electrons. The van der Waals surface area contributed by atoms with E-state index < -0.39 is 0 Å². The number of benzene rings is 1. The first kappa shape index (κ1) is 13.7. The van der Waals surface area contributed by atoms with Gasteiger partial charge in [-0.3, -0.25) is 4.79 Å². The van der Waals surface area contributed by atoms with Gasteiger partial charge in [0.2, 0.25) is 12.7 Å². The highest BCUT2D eigenvalue weighted by molar-refractivity contribution is 5.76. The maximum Gasteiger partial charge on any atom is 0.231 e. The number of aryl methyl sites for hydroxylation is 1. The van der Waals surface area contributed by atoms with E-state index in [-0.39, 0.29) is 12.7 Å². The molecule has 1 aromatic carbocycles. The molecule has 0 aliphatic carbocycles. The smallest absolute Gasteiger partial charge is 0.231 e.